The van der Waals surface area contributed by atoms with Crippen LogP contribution >= 0.6 is 0 Å². The Labute approximate surface area is 111 Å². The molecule has 0 saturated carbocycles. The van der Waals surface area contributed by atoms with Crippen molar-refractivity contribution in [1.82, 2.24) is 0 Å². The van der Waals surface area contributed by atoms with Crippen molar-refractivity contribution in [2.45, 2.75) is 19.8 Å². The highest BCUT2D eigenvalue weighted by Crippen LogP contribution is 2.29. The fraction of sp³-hybridized carbons (Fsp3) is 0.429. The van der Waals surface area contributed by atoms with Crippen LogP contribution in [0.1, 0.15) is 18.9 Å². The quantitative estimate of drug-likeness (QED) is 0.897. The predicted octanol–water partition coefficient (Wildman–Crippen LogP) is 1.70. The van der Waals surface area contributed by atoms with Gasteiger partial charge in [0.05, 0.1) is 13.0 Å². The molecule has 2 rings (SSSR count). The van der Waals surface area contributed by atoms with Crippen molar-refractivity contribution in [2.24, 2.45) is 5.92 Å². The topological polar surface area (TPSA) is 66.8 Å². The molecule has 1 amide bonds. The van der Waals surface area contributed by atoms with E-state index in [1.54, 1.807) is 14.0 Å². The minimum Gasteiger partial charge on any atom is -0.493 e. The lowest BCUT2D eigenvalue weighted by Gasteiger charge is -2.21. The third kappa shape index (κ3) is 2.86. The zero-order valence-electron chi connectivity index (χ0n) is 11.0. The summed E-state index contributed by atoms with van der Waals surface area (Å²) in [4.78, 5) is 24.3. The second kappa shape index (κ2) is 5.30. The molecular formula is C14H17NO4. The molecule has 0 aliphatic carbocycles. The van der Waals surface area contributed by atoms with Gasteiger partial charge in [-0.3, -0.25) is 9.59 Å². The van der Waals surface area contributed by atoms with Crippen LogP contribution in [-0.4, -0.2) is 30.6 Å². The monoisotopic (exact) mass is 263 g/mol. The zero-order chi connectivity index (χ0) is 14.0. The van der Waals surface area contributed by atoms with E-state index in [1.807, 2.05) is 18.2 Å². The Morgan fingerprint density at radius 2 is 2.21 bits per heavy atom. The maximum atomic E-state index is 12.1. The molecule has 1 aromatic carbocycles. The van der Waals surface area contributed by atoms with E-state index in [9.17, 15) is 9.59 Å². The van der Waals surface area contributed by atoms with Gasteiger partial charge in [0.2, 0.25) is 5.91 Å². The number of hydrogen-bond donors (Lipinski definition) is 1. The summed E-state index contributed by atoms with van der Waals surface area (Å²) < 4.78 is 5.41. The number of ether oxygens (including phenoxy) is 1. The van der Waals surface area contributed by atoms with Gasteiger partial charge in [0, 0.05) is 25.1 Å². The van der Waals surface area contributed by atoms with E-state index in [1.165, 1.54) is 4.90 Å². The van der Waals surface area contributed by atoms with Gasteiger partial charge in [-0.25, -0.2) is 0 Å². The lowest BCUT2D eigenvalue weighted by Crippen LogP contribution is -2.32. The highest BCUT2D eigenvalue weighted by atomic mass is 16.5. The maximum absolute atomic E-state index is 12.1. The molecule has 1 heterocycles. The summed E-state index contributed by atoms with van der Waals surface area (Å²) in [5, 5.41) is 8.72. The SMILES string of the molecule is CC(CC(=O)O)C(=O)N(C)c1ccc2c(c1)CCO2. The minimum absolute atomic E-state index is 0.156. The first-order chi connectivity index (χ1) is 8.99. The average molecular weight is 263 g/mol. The molecule has 0 radical (unpaired) electrons. The molecule has 0 spiro atoms. The van der Waals surface area contributed by atoms with Gasteiger partial charge in [-0.05, 0) is 23.8 Å². The second-order valence-corrected chi connectivity index (χ2v) is 4.79. The van der Waals surface area contributed by atoms with Crippen LogP contribution in [0.25, 0.3) is 0 Å². The van der Waals surface area contributed by atoms with Crippen molar-refractivity contribution < 1.29 is 19.4 Å². The van der Waals surface area contributed by atoms with Gasteiger partial charge >= 0.3 is 5.97 Å². The van der Waals surface area contributed by atoms with E-state index < -0.39 is 11.9 Å². The number of rotatable bonds is 4. The molecular weight excluding hydrogens is 246 g/mol. The Morgan fingerprint density at radius 3 is 2.89 bits per heavy atom. The fourth-order valence-electron chi connectivity index (χ4n) is 2.19. The van der Waals surface area contributed by atoms with Gasteiger partial charge in [0.15, 0.2) is 0 Å². The summed E-state index contributed by atoms with van der Waals surface area (Å²) in [6.07, 6.45) is 0.688. The Kier molecular flexibility index (Phi) is 3.74. The molecule has 0 fully saturated rings. The number of benzene rings is 1. The fourth-order valence-corrected chi connectivity index (χ4v) is 2.19. The molecule has 5 heteroatoms. The van der Waals surface area contributed by atoms with Crippen molar-refractivity contribution in [3.05, 3.63) is 23.8 Å². The molecule has 102 valence electrons. The maximum Gasteiger partial charge on any atom is 0.304 e. The molecule has 1 aromatic rings. The second-order valence-electron chi connectivity index (χ2n) is 4.79. The average Bonchev–Trinajstić information content (AvgIpc) is 2.83. The Bertz CT molecular complexity index is 512. The summed E-state index contributed by atoms with van der Waals surface area (Å²) in [7, 11) is 1.66. The van der Waals surface area contributed by atoms with Crippen molar-refractivity contribution >= 4 is 17.6 Å². The standard InChI is InChI=1S/C14H17NO4/c1-9(7-13(16)17)14(18)15(2)11-3-4-12-10(8-11)5-6-19-12/h3-4,8-9H,5-7H2,1-2H3,(H,16,17). The Hall–Kier alpha value is -2.04. The summed E-state index contributed by atoms with van der Waals surface area (Å²) >= 11 is 0. The lowest BCUT2D eigenvalue weighted by atomic mass is 10.1. The van der Waals surface area contributed by atoms with Gasteiger partial charge in [-0.2, -0.15) is 0 Å². The van der Waals surface area contributed by atoms with Gasteiger partial charge in [-0.1, -0.05) is 6.92 Å². The number of anilines is 1. The van der Waals surface area contributed by atoms with Crippen LogP contribution in [0.3, 0.4) is 0 Å². The van der Waals surface area contributed by atoms with Crippen LogP contribution in [0, 0.1) is 5.92 Å². The Balaban J connectivity index is 2.13. The Morgan fingerprint density at radius 1 is 1.47 bits per heavy atom. The van der Waals surface area contributed by atoms with Crippen LogP contribution < -0.4 is 9.64 Å². The normalized spacial score (nSPS) is 14.4. The van der Waals surface area contributed by atoms with Crippen molar-refractivity contribution in [2.75, 3.05) is 18.6 Å². The van der Waals surface area contributed by atoms with Crippen LogP contribution in [0.2, 0.25) is 0 Å². The molecule has 19 heavy (non-hydrogen) atoms. The molecule has 1 atom stereocenters. The van der Waals surface area contributed by atoms with E-state index in [0.29, 0.717) is 6.61 Å². The highest BCUT2D eigenvalue weighted by Gasteiger charge is 2.22. The first-order valence-corrected chi connectivity index (χ1v) is 6.24. The number of carbonyl (C=O) groups is 2. The number of carboxylic acids is 1. The third-order valence-corrected chi connectivity index (χ3v) is 3.29. The van der Waals surface area contributed by atoms with Crippen LogP contribution in [0.5, 0.6) is 5.75 Å². The molecule has 0 bridgehead atoms. The van der Waals surface area contributed by atoms with Crippen LogP contribution in [-0.2, 0) is 16.0 Å². The van der Waals surface area contributed by atoms with Gasteiger partial charge in [0.25, 0.3) is 0 Å². The number of amides is 1. The third-order valence-electron chi connectivity index (χ3n) is 3.29. The van der Waals surface area contributed by atoms with Crippen molar-refractivity contribution in [1.29, 1.82) is 0 Å². The first kappa shape index (κ1) is 13.4. The largest absolute Gasteiger partial charge is 0.493 e. The van der Waals surface area contributed by atoms with E-state index in [4.69, 9.17) is 9.84 Å². The highest BCUT2D eigenvalue weighted by molar-refractivity contribution is 5.96. The molecule has 0 aromatic heterocycles. The van der Waals surface area contributed by atoms with E-state index in [2.05, 4.69) is 0 Å². The van der Waals surface area contributed by atoms with Crippen molar-refractivity contribution in [3.63, 3.8) is 0 Å². The number of aliphatic carboxylic acids is 1. The number of nitrogens with zero attached hydrogens (tertiary/aromatic N) is 1. The summed E-state index contributed by atoms with van der Waals surface area (Å²) in [6.45, 7) is 2.30. The van der Waals surface area contributed by atoms with Crippen LogP contribution in [0.4, 0.5) is 5.69 Å². The number of carboxylic acid groups (broad SMARTS) is 1. The molecule has 1 aliphatic rings. The predicted molar refractivity (Wildman–Crippen MR) is 70.5 cm³/mol. The molecule has 1 N–H and O–H groups in total. The van der Waals surface area contributed by atoms with Gasteiger partial charge < -0.3 is 14.7 Å². The van der Waals surface area contributed by atoms with E-state index in [0.717, 1.165) is 23.4 Å². The smallest absolute Gasteiger partial charge is 0.304 e. The number of fused-ring (bicyclic) bond motifs is 1. The molecule has 1 unspecified atom stereocenters. The minimum atomic E-state index is -0.961. The molecule has 1 aliphatic heterocycles. The summed E-state index contributed by atoms with van der Waals surface area (Å²) in [6, 6.07) is 5.59. The van der Waals surface area contributed by atoms with Crippen molar-refractivity contribution in [3.8, 4) is 5.75 Å². The summed E-state index contributed by atoms with van der Waals surface area (Å²) in [5.41, 5.74) is 1.86. The molecule has 0 saturated heterocycles. The van der Waals surface area contributed by atoms with Crippen LogP contribution in [0.15, 0.2) is 18.2 Å². The first-order valence-electron chi connectivity index (χ1n) is 6.24. The zero-order valence-corrected chi connectivity index (χ0v) is 11.0. The van der Waals surface area contributed by atoms with E-state index >= 15 is 0 Å². The lowest BCUT2D eigenvalue weighted by molar-refractivity contribution is -0.140. The van der Waals surface area contributed by atoms with E-state index in [-0.39, 0.29) is 12.3 Å². The number of hydrogen-bond acceptors (Lipinski definition) is 3. The number of carbonyl (C=O) groups excluding carboxylic acids is 1. The molecule has 5 nitrogen and oxygen atoms in total. The van der Waals surface area contributed by atoms with Gasteiger partial charge in [0.1, 0.15) is 5.75 Å². The van der Waals surface area contributed by atoms with Gasteiger partial charge in [-0.15, -0.1) is 0 Å². The summed E-state index contributed by atoms with van der Waals surface area (Å²) in [5.74, 6) is -0.826.